The van der Waals surface area contributed by atoms with Gasteiger partial charge in [0.05, 0.1) is 22.7 Å². The van der Waals surface area contributed by atoms with Gasteiger partial charge in [-0.2, -0.15) is 0 Å². The summed E-state index contributed by atoms with van der Waals surface area (Å²) in [6.07, 6.45) is 0.195. The largest absolute Gasteiger partial charge is 0.508 e. The smallest absolute Gasteiger partial charge is 0.328 e. The number of amides is 1. The van der Waals surface area contributed by atoms with Crippen molar-refractivity contribution in [3.05, 3.63) is 63.6 Å². The van der Waals surface area contributed by atoms with Crippen LogP contribution in [0.5, 0.6) is 5.75 Å². The van der Waals surface area contributed by atoms with E-state index in [4.69, 9.17) is 27.9 Å². The normalized spacial score (nSPS) is 11.6. The molecule has 2 N–H and O–H groups in total. The first-order valence-electron chi connectivity index (χ1n) is 7.03. The van der Waals surface area contributed by atoms with Crippen LogP contribution in [0.4, 0.5) is 0 Å². The lowest BCUT2D eigenvalue weighted by molar-refractivity contribution is -0.142. The average Bonchev–Trinajstić information content (AvgIpc) is 2.55. The monoisotopic (exact) mass is 367 g/mol. The highest BCUT2D eigenvalue weighted by molar-refractivity contribution is 6.39. The van der Waals surface area contributed by atoms with E-state index in [0.29, 0.717) is 0 Å². The van der Waals surface area contributed by atoms with E-state index in [2.05, 4.69) is 5.32 Å². The van der Waals surface area contributed by atoms with Gasteiger partial charge in [-0.05, 0) is 29.8 Å². The molecule has 7 heteroatoms. The van der Waals surface area contributed by atoms with E-state index in [1.165, 1.54) is 31.4 Å². The van der Waals surface area contributed by atoms with E-state index in [9.17, 15) is 14.7 Å². The predicted octanol–water partition coefficient (Wildman–Crippen LogP) is 3.21. The molecule has 0 bridgehead atoms. The summed E-state index contributed by atoms with van der Waals surface area (Å²) < 4.78 is 4.74. The molecule has 1 amide bonds. The van der Waals surface area contributed by atoms with Gasteiger partial charge in [-0.25, -0.2) is 4.79 Å². The van der Waals surface area contributed by atoms with Crippen LogP contribution in [0, 0.1) is 0 Å². The molecule has 0 aliphatic carbocycles. The van der Waals surface area contributed by atoms with E-state index in [1.54, 1.807) is 18.2 Å². The molecule has 0 spiro atoms. The van der Waals surface area contributed by atoms with Crippen molar-refractivity contribution in [2.45, 2.75) is 12.5 Å². The van der Waals surface area contributed by atoms with Crippen LogP contribution in [0.15, 0.2) is 42.5 Å². The maximum Gasteiger partial charge on any atom is 0.328 e. The van der Waals surface area contributed by atoms with Crippen LogP contribution in [0.25, 0.3) is 0 Å². The van der Waals surface area contributed by atoms with Gasteiger partial charge in [0.1, 0.15) is 11.8 Å². The molecular formula is C17H15Cl2NO4. The van der Waals surface area contributed by atoms with Gasteiger partial charge in [0.2, 0.25) is 0 Å². The van der Waals surface area contributed by atoms with Crippen LogP contribution in [-0.2, 0) is 16.0 Å². The molecule has 0 radical (unpaired) electrons. The molecule has 0 aromatic heterocycles. The van der Waals surface area contributed by atoms with Crippen LogP contribution >= 0.6 is 23.2 Å². The summed E-state index contributed by atoms with van der Waals surface area (Å²) in [6.45, 7) is 0. The molecular weight excluding hydrogens is 353 g/mol. The molecule has 0 saturated heterocycles. The average molecular weight is 368 g/mol. The third-order valence-corrected chi connectivity index (χ3v) is 3.99. The van der Waals surface area contributed by atoms with E-state index in [1.807, 2.05) is 0 Å². The molecule has 126 valence electrons. The molecule has 0 unspecified atom stereocenters. The number of hydrogen-bond acceptors (Lipinski definition) is 4. The van der Waals surface area contributed by atoms with Crippen molar-refractivity contribution in [3.63, 3.8) is 0 Å². The quantitative estimate of drug-likeness (QED) is 0.795. The first kappa shape index (κ1) is 18.1. The molecule has 0 heterocycles. The first-order valence-corrected chi connectivity index (χ1v) is 7.78. The zero-order valence-corrected chi connectivity index (χ0v) is 14.3. The number of rotatable bonds is 5. The Bertz CT molecular complexity index is 727. The maximum absolute atomic E-state index is 12.4. The number of benzene rings is 2. The van der Waals surface area contributed by atoms with Gasteiger partial charge in [-0.3, -0.25) is 4.79 Å². The summed E-state index contributed by atoms with van der Waals surface area (Å²) in [5.41, 5.74) is 0.842. The molecule has 1 atom stereocenters. The minimum absolute atomic E-state index is 0.0976. The molecule has 0 aliphatic heterocycles. The number of methoxy groups -OCH3 is 1. The van der Waals surface area contributed by atoms with Gasteiger partial charge in [0.15, 0.2) is 0 Å². The number of halogens is 2. The number of aromatic hydroxyl groups is 1. The van der Waals surface area contributed by atoms with E-state index in [-0.39, 0.29) is 27.8 Å². The van der Waals surface area contributed by atoms with Crippen LogP contribution in [0.3, 0.4) is 0 Å². The predicted molar refractivity (Wildman–Crippen MR) is 91.5 cm³/mol. The summed E-state index contributed by atoms with van der Waals surface area (Å²) in [6, 6.07) is 10.1. The number of phenols is 1. The molecule has 0 aliphatic rings. The van der Waals surface area contributed by atoms with Crippen molar-refractivity contribution >= 4 is 35.1 Å². The Balaban J connectivity index is 2.21. The van der Waals surface area contributed by atoms with E-state index in [0.717, 1.165) is 5.56 Å². The van der Waals surface area contributed by atoms with Crippen LogP contribution in [0.1, 0.15) is 15.9 Å². The number of carbonyl (C=O) groups is 2. The Morgan fingerprint density at radius 1 is 1.12 bits per heavy atom. The minimum Gasteiger partial charge on any atom is -0.508 e. The Morgan fingerprint density at radius 3 is 2.25 bits per heavy atom. The third kappa shape index (κ3) is 4.40. The first-order chi connectivity index (χ1) is 11.4. The lowest BCUT2D eigenvalue weighted by Gasteiger charge is -2.17. The van der Waals surface area contributed by atoms with Crippen LogP contribution in [-0.4, -0.2) is 30.1 Å². The fourth-order valence-electron chi connectivity index (χ4n) is 2.15. The number of esters is 1. The summed E-state index contributed by atoms with van der Waals surface area (Å²) in [4.78, 5) is 24.4. The second-order valence-electron chi connectivity index (χ2n) is 5.02. The van der Waals surface area contributed by atoms with Crippen molar-refractivity contribution in [1.29, 1.82) is 0 Å². The van der Waals surface area contributed by atoms with Gasteiger partial charge < -0.3 is 15.2 Å². The molecule has 0 fully saturated rings. The van der Waals surface area contributed by atoms with Crippen molar-refractivity contribution in [2.24, 2.45) is 0 Å². The standard InChI is InChI=1S/C17H15Cl2NO4/c1-24-17(23)14(9-10-5-7-11(21)8-6-10)20-16(22)15-12(18)3-2-4-13(15)19/h2-8,14,21H,9H2,1H3,(H,20,22)/t14-/m1/s1. The zero-order valence-electron chi connectivity index (χ0n) is 12.8. The third-order valence-electron chi connectivity index (χ3n) is 3.36. The lowest BCUT2D eigenvalue weighted by atomic mass is 10.1. The fourth-order valence-corrected chi connectivity index (χ4v) is 2.72. The van der Waals surface area contributed by atoms with Crippen LogP contribution in [0.2, 0.25) is 10.0 Å². The van der Waals surface area contributed by atoms with Crippen molar-refractivity contribution in [1.82, 2.24) is 5.32 Å². The highest BCUT2D eigenvalue weighted by Gasteiger charge is 2.24. The minimum atomic E-state index is -0.917. The summed E-state index contributed by atoms with van der Waals surface area (Å²) in [5.74, 6) is -1.06. The number of hydrogen-bond donors (Lipinski definition) is 2. The summed E-state index contributed by atoms with van der Waals surface area (Å²) in [5, 5.41) is 12.3. The van der Waals surface area contributed by atoms with Gasteiger partial charge in [-0.15, -0.1) is 0 Å². The van der Waals surface area contributed by atoms with E-state index >= 15 is 0 Å². The van der Waals surface area contributed by atoms with E-state index < -0.39 is 17.9 Å². The summed E-state index contributed by atoms with van der Waals surface area (Å²) in [7, 11) is 1.24. The molecule has 2 aromatic carbocycles. The van der Waals surface area contributed by atoms with Gasteiger partial charge in [-0.1, -0.05) is 41.4 Å². The van der Waals surface area contributed by atoms with Crippen LogP contribution < -0.4 is 5.32 Å². The van der Waals surface area contributed by atoms with Crippen molar-refractivity contribution in [2.75, 3.05) is 7.11 Å². The molecule has 2 rings (SSSR count). The van der Waals surface area contributed by atoms with Gasteiger partial charge in [0, 0.05) is 6.42 Å². The van der Waals surface area contributed by atoms with Gasteiger partial charge >= 0.3 is 5.97 Å². The topological polar surface area (TPSA) is 75.6 Å². The molecule has 24 heavy (non-hydrogen) atoms. The highest BCUT2D eigenvalue weighted by atomic mass is 35.5. The molecule has 0 saturated carbocycles. The zero-order chi connectivity index (χ0) is 17.7. The summed E-state index contributed by atoms with van der Waals surface area (Å²) >= 11 is 12.0. The Hall–Kier alpha value is -2.24. The lowest BCUT2D eigenvalue weighted by Crippen LogP contribution is -2.43. The number of carbonyl (C=O) groups excluding carboxylic acids is 2. The molecule has 2 aromatic rings. The van der Waals surface area contributed by atoms with Crippen molar-refractivity contribution in [3.8, 4) is 5.75 Å². The SMILES string of the molecule is COC(=O)[C@@H](Cc1ccc(O)cc1)NC(=O)c1c(Cl)cccc1Cl. The number of nitrogens with one attached hydrogen (secondary N) is 1. The second-order valence-corrected chi connectivity index (χ2v) is 5.83. The number of ether oxygens (including phenoxy) is 1. The highest BCUT2D eigenvalue weighted by Crippen LogP contribution is 2.24. The Kier molecular flexibility index (Phi) is 6.06. The molecule has 5 nitrogen and oxygen atoms in total. The van der Waals surface area contributed by atoms with Crippen molar-refractivity contribution < 1.29 is 19.4 Å². The maximum atomic E-state index is 12.4. The second kappa shape index (κ2) is 8.04. The Labute approximate surface area is 149 Å². The Morgan fingerprint density at radius 2 is 1.71 bits per heavy atom. The number of phenolic OH excluding ortho intramolecular Hbond substituents is 1. The fraction of sp³-hybridized carbons (Fsp3) is 0.176. The van der Waals surface area contributed by atoms with Gasteiger partial charge in [0.25, 0.3) is 5.91 Å².